The van der Waals surface area contributed by atoms with E-state index in [1.165, 1.54) is 24.4 Å². The number of benzene rings is 2. The van der Waals surface area contributed by atoms with Crippen LogP contribution in [-0.2, 0) is 10.1 Å². The molecule has 2 rings (SSSR count). The maximum atomic E-state index is 12.4. The van der Waals surface area contributed by atoms with Crippen molar-refractivity contribution in [3.8, 4) is 11.5 Å². The van der Waals surface area contributed by atoms with E-state index in [9.17, 15) is 8.42 Å². The normalized spacial score (nSPS) is 11.3. The molecule has 4 N–H and O–H groups in total. The number of guanidine groups is 1. The number of aryl methyl sites for hydroxylation is 1. The first-order valence-electron chi connectivity index (χ1n) is 7.81. The fraction of sp³-hybridized carbons (Fsp3) is 0.176. The lowest BCUT2D eigenvalue weighted by Crippen LogP contribution is -2.21. The van der Waals surface area contributed by atoms with Crippen molar-refractivity contribution in [2.24, 2.45) is 21.7 Å². The Kier molecular flexibility index (Phi) is 7.19. The molecule has 144 valence electrons. The summed E-state index contributed by atoms with van der Waals surface area (Å²) in [6, 6.07) is 11.2. The van der Waals surface area contributed by atoms with Crippen LogP contribution >= 0.6 is 15.9 Å². The Hall–Kier alpha value is -2.59. The smallest absolute Gasteiger partial charge is 0.339 e. The summed E-state index contributed by atoms with van der Waals surface area (Å²) in [5, 5.41) is 7.12. The van der Waals surface area contributed by atoms with Crippen molar-refractivity contribution in [1.82, 2.24) is 0 Å². The van der Waals surface area contributed by atoms with Crippen molar-refractivity contribution in [2.75, 3.05) is 6.61 Å². The van der Waals surface area contributed by atoms with Crippen LogP contribution in [0.4, 0.5) is 0 Å². The van der Waals surface area contributed by atoms with Gasteiger partial charge in [0.05, 0.1) is 6.61 Å². The summed E-state index contributed by atoms with van der Waals surface area (Å²) in [7, 11) is -3.96. The Labute approximate surface area is 166 Å². The van der Waals surface area contributed by atoms with Crippen LogP contribution in [0.3, 0.4) is 0 Å². The largest absolute Gasteiger partial charge is 0.493 e. The van der Waals surface area contributed by atoms with Gasteiger partial charge in [0, 0.05) is 23.2 Å². The minimum Gasteiger partial charge on any atom is -0.493 e. The van der Waals surface area contributed by atoms with Gasteiger partial charge in [-0.2, -0.15) is 13.5 Å². The average Bonchev–Trinajstić information content (AvgIpc) is 2.57. The molecule has 0 saturated carbocycles. The highest BCUT2D eigenvalue weighted by atomic mass is 79.9. The van der Waals surface area contributed by atoms with Gasteiger partial charge in [-0.1, -0.05) is 22.0 Å². The maximum absolute atomic E-state index is 12.4. The monoisotopic (exact) mass is 454 g/mol. The van der Waals surface area contributed by atoms with Gasteiger partial charge in [0.25, 0.3) is 0 Å². The summed E-state index contributed by atoms with van der Waals surface area (Å²) in [6.07, 6.45) is 1.97. The molecule has 8 nitrogen and oxygen atoms in total. The molecule has 0 aliphatic carbocycles. The summed E-state index contributed by atoms with van der Waals surface area (Å²) in [4.78, 5) is 0.0526. The molecule has 0 heterocycles. The topological polar surface area (TPSA) is 129 Å². The molecule has 0 amide bonds. The number of ether oxygens (including phenoxy) is 1. The zero-order valence-corrected chi connectivity index (χ0v) is 16.9. The molecule has 2 aromatic rings. The van der Waals surface area contributed by atoms with Gasteiger partial charge >= 0.3 is 10.1 Å². The predicted molar refractivity (Wildman–Crippen MR) is 108 cm³/mol. The molecule has 0 aliphatic heterocycles. The molecule has 0 saturated heterocycles. The van der Waals surface area contributed by atoms with Gasteiger partial charge in [-0.05, 0) is 42.8 Å². The summed E-state index contributed by atoms with van der Waals surface area (Å²) in [6.45, 7) is 2.12. The summed E-state index contributed by atoms with van der Waals surface area (Å²) in [5.74, 6) is 0.517. The second kappa shape index (κ2) is 9.38. The first-order chi connectivity index (χ1) is 12.8. The maximum Gasteiger partial charge on any atom is 0.339 e. The molecular formula is C17H19BrN4O4S. The average molecular weight is 455 g/mol. The van der Waals surface area contributed by atoms with Crippen LogP contribution in [0.5, 0.6) is 11.5 Å². The molecule has 0 fully saturated rings. The molecule has 0 aromatic heterocycles. The SMILES string of the molecule is Cc1cc(OCCC=NN=C(N)N)cc(OS(=O)(=O)c2cccc(Br)c2)c1. The number of hydrogen-bond acceptors (Lipinski definition) is 6. The van der Waals surface area contributed by atoms with E-state index >= 15 is 0 Å². The van der Waals surface area contributed by atoms with Gasteiger partial charge < -0.3 is 20.4 Å². The Morgan fingerprint density at radius 1 is 1.19 bits per heavy atom. The zero-order valence-electron chi connectivity index (χ0n) is 14.5. The summed E-state index contributed by atoms with van der Waals surface area (Å²) < 4.78 is 36.3. The molecule has 0 atom stereocenters. The van der Waals surface area contributed by atoms with E-state index in [4.69, 9.17) is 20.4 Å². The first-order valence-corrected chi connectivity index (χ1v) is 10.0. The third-order valence-electron chi connectivity index (χ3n) is 3.09. The number of nitrogens with zero attached hydrogens (tertiary/aromatic N) is 2. The van der Waals surface area contributed by atoms with Gasteiger partial charge in [0.15, 0.2) is 0 Å². The number of rotatable bonds is 8. The fourth-order valence-corrected chi connectivity index (χ4v) is 3.55. The molecule has 0 spiro atoms. The minimum absolute atomic E-state index is 0.0526. The second-order valence-electron chi connectivity index (χ2n) is 5.44. The molecule has 0 bridgehead atoms. The standard InChI is InChI=1S/C17H19BrN4O4S/c1-12-8-14(25-7-3-6-21-22-17(19)20)11-15(9-12)26-27(23,24)16-5-2-4-13(18)10-16/h2,4-6,8-11H,3,7H2,1H3,(H4,19,20,22). The molecule has 27 heavy (non-hydrogen) atoms. The Morgan fingerprint density at radius 3 is 2.63 bits per heavy atom. The van der Waals surface area contributed by atoms with Crippen LogP contribution in [0, 0.1) is 6.92 Å². The lowest BCUT2D eigenvalue weighted by atomic mass is 10.2. The molecule has 10 heteroatoms. The third-order valence-corrected chi connectivity index (χ3v) is 4.82. The van der Waals surface area contributed by atoms with E-state index in [1.54, 1.807) is 24.3 Å². The number of hydrogen-bond donors (Lipinski definition) is 2. The van der Waals surface area contributed by atoms with Gasteiger partial charge in [0.2, 0.25) is 5.96 Å². The van der Waals surface area contributed by atoms with Crippen LogP contribution in [0.2, 0.25) is 0 Å². The quantitative estimate of drug-likeness (QED) is 0.207. The fourth-order valence-electron chi connectivity index (χ4n) is 2.04. The van der Waals surface area contributed by atoms with E-state index in [0.717, 1.165) is 5.56 Å². The van der Waals surface area contributed by atoms with Crippen molar-refractivity contribution >= 4 is 38.2 Å². The Morgan fingerprint density at radius 2 is 1.93 bits per heavy atom. The van der Waals surface area contributed by atoms with E-state index in [0.29, 0.717) is 23.2 Å². The molecular weight excluding hydrogens is 436 g/mol. The van der Waals surface area contributed by atoms with Crippen LogP contribution in [0.25, 0.3) is 0 Å². The van der Waals surface area contributed by atoms with Crippen molar-refractivity contribution in [2.45, 2.75) is 18.2 Å². The number of halogens is 1. The highest BCUT2D eigenvalue weighted by Gasteiger charge is 2.17. The predicted octanol–water partition coefficient (Wildman–Crippen LogP) is 2.55. The summed E-state index contributed by atoms with van der Waals surface area (Å²) >= 11 is 3.24. The zero-order chi connectivity index (χ0) is 19.9. The van der Waals surface area contributed by atoms with Crippen molar-refractivity contribution in [3.63, 3.8) is 0 Å². The summed E-state index contributed by atoms with van der Waals surface area (Å²) in [5.41, 5.74) is 11.1. The lowest BCUT2D eigenvalue weighted by Gasteiger charge is -2.11. The van der Waals surface area contributed by atoms with Crippen molar-refractivity contribution < 1.29 is 17.3 Å². The Bertz CT molecular complexity index is 957. The molecule has 0 unspecified atom stereocenters. The van der Waals surface area contributed by atoms with Crippen molar-refractivity contribution in [1.29, 1.82) is 0 Å². The van der Waals surface area contributed by atoms with E-state index in [1.807, 2.05) is 6.92 Å². The van der Waals surface area contributed by atoms with Gasteiger partial charge in [0.1, 0.15) is 16.4 Å². The van der Waals surface area contributed by atoms with E-state index < -0.39 is 10.1 Å². The van der Waals surface area contributed by atoms with Gasteiger partial charge in [-0.3, -0.25) is 0 Å². The molecule has 0 radical (unpaired) electrons. The molecule has 0 aliphatic rings. The molecule has 2 aromatic carbocycles. The van der Waals surface area contributed by atoms with Crippen LogP contribution in [0.1, 0.15) is 12.0 Å². The minimum atomic E-state index is -3.96. The van der Waals surface area contributed by atoms with Crippen LogP contribution in [0.15, 0.2) is 62.0 Å². The Balaban J connectivity index is 2.06. The highest BCUT2D eigenvalue weighted by Crippen LogP contribution is 2.26. The van der Waals surface area contributed by atoms with Crippen LogP contribution in [-0.4, -0.2) is 27.2 Å². The van der Waals surface area contributed by atoms with Gasteiger partial charge in [-0.15, -0.1) is 5.10 Å². The van der Waals surface area contributed by atoms with E-state index in [-0.39, 0.29) is 16.6 Å². The lowest BCUT2D eigenvalue weighted by molar-refractivity contribution is 0.329. The third kappa shape index (κ3) is 6.91. The second-order valence-corrected chi connectivity index (χ2v) is 7.90. The van der Waals surface area contributed by atoms with E-state index in [2.05, 4.69) is 26.1 Å². The van der Waals surface area contributed by atoms with Crippen molar-refractivity contribution in [3.05, 3.63) is 52.5 Å². The first kappa shape index (κ1) is 20.7. The van der Waals surface area contributed by atoms with Crippen LogP contribution < -0.4 is 20.4 Å². The highest BCUT2D eigenvalue weighted by molar-refractivity contribution is 9.10. The number of nitrogens with two attached hydrogens (primary N) is 2. The van der Waals surface area contributed by atoms with Gasteiger partial charge in [-0.25, -0.2) is 0 Å².